The third-order valence-corrected chi connectivity index (χ3v) is 15.4. The monoisotopic (exact) mass is 1130 g/mol. The smallest absolute Gasteiger partial charge is 0.306 e. The second-order valence-electron chi connectivity index (χ2n) is 23.4. The van der Waals surface area contributed by atoms with E-state index in [0.717, 1.165) is 103 Å². The summed E-state index contributed by atoms with van der Waals surface area (Å²) < 4.78 is 16.8. The molecule has 0 aliphatic heterocycles. The van der Waals surface area contributed by atoms with Crippen LogP contribution in [0.4, 0.5) is 0 Å². The van der Waals surface area contributed by atoms with Gasteiger partial charge in [-0.25, -0.2) is 0 Å². The van der Waals surface area contributed by atoms with Gasteiger partial charge in [-0.2, -0.15) is 0 Å². The molecule has 0 bridgehead atoms. The summed E-state index contributed by atoms with van der Waals surface area (Å²) in [4.78, 5) is 38.0. The maximum Gasteiger partial charge on any atom is 0.306 e. The molecule has 0 N–H and O–H groups in total. The Kier molecular flexibility index (Phi) is 66.2. The Morgan fingerprint density at radius 3 is 0.765 bits per heavy atom. The molecule has 0 saturated carbocycles. The van der Waals surface area contributed by atoms with Gasteiger partial charge in [-0.1, -0.05) is 324 Å². The van der Waals surface area contributed by atoms with Crippen molar-refractivity contribution in [2.75, 3.05) is 13.2 Å². The maximum atomic E-state index is 12.9. The van der Waals surface area contributed by atoms with E-state index in [1.165, 1.54) is 212 Å². The summed E-state index contributed by atoms with van der Waals surface area (Å²) in [6.45, 7) is 6.48. The molecule has 468 valence electrons. The van der Waals surface area contributed by atoms with Gasteiger partial charge in [0.15, 0.2) is 6.10 Å². The molecular formula is C75H132O6. The molecule has 0 fully saturated rings. The molecule has 0 spiro atoms. The molecule has 1 unspecified atom stereocenters. The highest BCUT2D eigenvalue weighted by Gasteiger charge is 2.19. The van der Waals surface area contributed by atoms with Gasteiger partial charge in [0.05, 0.1) is 0 Å². The first-order valence-electron chi connectivity index (χ1n) is 35.1. The molecule has 6 nitrogen and oxygen atoms in total. The fourth-order valence-corrected chi connectivity index (χ4v) is 10.2. The van der Waals surface area contributed by atoms with Gasteiger partial charge >= 0.3 is 17.9 Å². The zero-order valence-electron chi connectivity index (χ0n) is 53.8. The van der Waals surface area contributed by atoms with Crippen molar-refractivity contribution in [2.24, 2.45) is 0 Å². The molecule has 0 rings (SSSR count). The van der Waals surface area contributed by atoms with E-state index in [4.69, 9.17) is 14.2 Å². The predicted octanol–water partition coefficient (Wildman–Crippen LogP) is 24.2. The van der Waals surface area contributed by atoms with Crippen molar-refractivity contribution in [1.29, 1.82) is 0 Å². The topological polar surface area (TPSA) is 78.9 Å². The Labute approximate surface area is 503 Å². The van der Waals surface area contributed by atoms with E-state index in [1.807, 2.05) is 0 Å². The molecular weight excluding hydrogens is 997 g/mol. The predicted molar refractivity (Wildman–Crippen MR) is 353 cm³/mol. The van der Waals surface area contributed by atoms with E-state index in [-0.39, 0.29) is 31.1 Å². The molecule has 0 aromatic carbocycles. The zero-order valence-corrected chi connectivity index (χ0v) is 53.8. The average molecular weight is 1130 g/mol. The number of hydrogen-bond acceptors (Lipinski definition) is 6. The van der Waals surface area contributed by atoms with Crippen molar-refractivity contribution >= 4 is 17.9 Å². The summed E-state index contributed by atoms with van der Waals surface area (Å²) in [6.07, 6.45) is 92.4. The first-order valence-corrected chi connectivity index (χ1v) is 35.1. The van der Waals surface area contributed by atoms with Gasteiger partial charge in [-0.15, -0.1) is 0 Å². The molecule has 0 aromatic rings. The van der Waals surface area contributed by atoms with Crippen LogP contribution < -0.4 is 0 Å². The number of carbonyl (C=O) groups excluding carboxylic acids is 3. The number of rotatable bonds is 64. The van der Waals surface area contributed by atoms with Gasteiger partial charge < -0.3 is 14.2 Å². The molecule has 0 radical (unpaired) electrons. The highest BCUT2D eigenvalue weighted by atomic mass is 16.6. The third kappa shape index (κ3) is 67.3. The normalized spacial score (nSPS) is 12.6. The second kappa shape index (κ2) is 69.1. The Balaban J connectivity index is 3.98. The quantitative estimate of drug-likeness (QED) is 0.0261. The van der Waals surface area contributed by atoms with Crippen molar-refractivity contribution < 1.29 is 28.6 Å². The summed E-state index contributed by atoms with van der Waals surface area (Å²) in [7, 11) is 0. The minimum Gasteiger partial charge on any atom is -0.462 e. The van der Waals surface area contributed by atoms with Crippen LogP contribution in [0.3, 0.4) is 0 Å². The van der Waals surface area contributed by atoms with E-state index in [2.05, 4.69) is 106 Å². The Morgan fingerprint density at radius 1 is 0.259 bits per heavy atom. The molecule has 81 heavy (non-hydrogen) atoms. The lowest BCUT2D eigenvalue weighted by Crippen LogP contribution is -2.30. The van der Waals surface area contributed by atoms with Crippen LogP contribution in [-0.2, 0) is 28.6 Å². The van der Waals surface area contributed by atoms with Crippen LogP contribution in [-0.4, -0.2) is 37.2 Å². The van der Waals surface area contributed by atoms with Crippen LogP contribution in [0, 0.1) is 0 Å². The van der Waals surface area contributed by atoms with Crippen LogP contribution in [0.25, 0.3) is 0 Å². The van der Waals surface area contributed by atoms with E-state index in [0.29, 0.717) is 19.3 Å². The second-order valence-corrected chi connectivity index (χ2v) is 23.4. The number of hydrogen-bond donors (Lipinski definition) is 0. The lowest BCUT2D eigenvalue weighted by molar-refractivity contribution is -0.167. The van der Waals surface area contributed by atoms with Gasteiger partial charge in [0.2, 0.25) is 0 Å². The molecule has 0 heterocycles. The summed E-state index contributed by atoms with van der Waals surface area (Å²) in [6, 6.07) is 0. The lowest BCUT2D eigenvalue weighted by atomic mass is 10.0. The van der Waals surface area contributed by atoms with Crippen molar-refractivity contribution in [2.45, 2.75) is 361 Å². The standard InChI is InChI=1S/C75H132O6/c1-4-7-10-13-15-17-19-21-23-25-27-29-31-33-35-37-39-41-43-45-47-49-51-53-55-57-59-62-65-68-74(77)80-71-72(70-79-73(76)67-64-61-12-9-6-3)81-75(78)69-66-63-60-58-56-54-52-50-48-46-44-42-40-38-36-34-32-30-28-26-24-22-20-18-16-14-11-8-5-2/h7,10,15,17,21,23,26-29,33,35,39,41,72H,4-6,8-9,11-14,16,18-20,22,24-25,30-32,34,36-38,40,42-71H2,1-3H3/b10-7-,17-15-,23-21-,28-26-,29-27-,35-33-,41-39-. The largest absolute Gasteiger partial charge is 0.462 e. The number of esters is 3. The highest BCUT2D eigenvalue weighted by molar-refractivity contribution is 5.71. The number of carbonyl (C=O) groups is 3. The van der Waals surface area contributed by atoms with Gasteiger partial charge in [-0.05, 0) is 96.3 Å². The number of allylic oxidation sites excluding steroid dienone is 14. The van der Waals surface area contributed by atoms with Gasteiger partial charge in [-0.3, -0.25) is 14.4 Å². The van der Waals surface area contributed by atoms with Crippen LogP contribution in [0.1, 0.15) is 355 Å². The van der Waals surface area contributed by atoms with Gasteiger partial charge in [0.25, 0.3) is 0 Å². The molecule has 0 amide bonds. The van der Waals surface area contributed by atoms with E-state index in [9.17, 15) is 14.4 Å². The summed E-state index contributed by atoms with van der Waals surface area (Å²) in [5, 5.41) is 0. The number of unbranched alkanes of at least 4 members (excludes halogenated alkanes) is 39. The minimum atomic E-state index is -0.774. The Hall–Kier alpha value is -3.41. The van der Waals surface area contributed by atoms with Gasteiger partial charge in [0.1, 0.15) is 13.2 Å². The Bertz CT molecular complexity index is 1530. The first-order chi connectivity index (χ1) is 40.0. The van der Waals surface area contributed by atoms with E-state index < -0.39 is 6.10 Å². The lowest BCUT2D eigenvalue weighted by Gasteiger charge is -2.18. The molecule has 6 heteroatoms. The fraction of sp³-hybridized carbons (Fsp3) is 0.773. The maximum absolute atomic E-state index is 12.9. The zero-order chi connectivity index (χ0) is 58.5. The number of ether oxygens (including phenoxy) is 3. The van der Waals surface area contributed by atoms with E-state index in [1.54, 1.807) is 0 Å². The average Bonchev–Trinajstić information content (AvgIpc) is 3.47. The van der Waals surface area contributed by atoms with Crippen LogP contribution in [0.5, 0.6) is 0 Å². The highest BCUT2D eigenvalue weighted by Crippen LogP contribution is 2.18. The first kappa shape index (κ1) is 77.6. The Morgan fingerprint density at radius 2 is 0.481 bits per heavy atom. The van der Waals surface area contributed by atoms with Crippen LogP contribution >= 0.6 is 0 Å². The van der Waals surface area contributed by atoms with Crippen molar-refractivity contribution in [3.63, 3.8) is 0 Å². The van der Waals surface area contributed by atoms with Gasteiger partial charge in [0, 0.05) is 19.3 Å². The summed E-state index contributed by atoms with van der Waals surface area (Å²) in [5.41, 5.74) is 0. The van der Waals surface area contributed by atoms with Crippen LogP contribution in [0.15, 0.2) is 85.1 Å². The molecule has 0 saturated heterocycles. The summed E-state index contributed by atoms with van der Waals surface area (Å²) in [5.74, 6) is -0.878. The SMILES string of the molecule is CC/C=C\C/C=C\C/C=C\C/C=C\C/C=C\C/C=C\CCCCCCCCCCCCC(=O)OCC(COC(=O)CCCCCCC)OC(=O)CCCCCCCCCCCCCCCCCCC/C=C\CCCCCCCCCC. The third-order valence-electron chi connectivity index (χ3n) is 15.4. The molecule has 0 aliphatic rings. The van der Waals surface area contributed by atoms with E-state index >= 15 is 0 Å². The molecule has 1 atom stereocenters. The minimum absolute atomic E-state index is 0.0752. The fourth-order valence-electron chi connectivity index (χ4n) is 10.2. The van der Waals surface area contributed by atoms with Crippen molar-refractivity contribution in [1.82, 2.24) is 0 Å². The van der Waals surface area contributed by atoms with Crippen molar-refractivity contribution in [3.8, 4) is 0 Å². The summed E-state index contributed by atoms with van der Waals surface area (Å²) >= 11 is 0. The van der Waals surface area contributed by atoms with Crippen LogP contribution in [0.2, 0.25) is 0 Å². The molecule has 0 aliphatic carbocycles. The van der Waals surface area contributed by atoms with Crippen molar-refractivity contribution in [3.05, 3.63) is 85.1 Å². The molecule has 0 aromatic heterocycles.